The lowest BCUT2D eigenvalue weighted by Crippen LogP contribution is -2.45. The second-order valence-corrected chi connectivity index (χ2v) is 11.1. The van der Waals surface area contributed by atoms with Crippen LogP contribution in [-0.2, 0) is 24.8 Å². The molecule has 31 heavy (non-hydrogen) atoms. The summed E-state index contributed by atoms with van der Waals surface area (Å²) in [7, 11) is -7.40. The number of hydrogen-bond donors (Lipinski definition) is 1. The van der Waals surface area contributed by atoms with Gasteiger partial charge in [0.15, 0.2) is 0 Å². The van der Waals surface area contributed by atoms with Crippen LogP contribution in [0, 0.1) is 0 Å². The van der Waals surface area contributed by atoms with Crippen molar-refractivity contribution in [1.29, 1.82) is 0 Å². The molecule has 0 saturated heterocycles. The summed E-state index contributed by atoms with van der Waals surface area (Å²) in [6, 6.07) is 10.9. The fourth-order valence-corrected chi connectivity index (χ4v) is 5.90. The van der Waals surface area contributed by atoms with Gasteiger partial charge in [-0.25, -0.2) is 16.8 Å². The van der Waals surface area contributed by atoms with Gasteiger partial charge in [0, 0.05) is 23.8 Å². The van der Waals surface area contributed by atoms with E-state index in [1.165, 1.54) is 41.6 Å². The van der Waals surface area contributed by atoms with Crippen LogP contribution in [0.15, 0.2) is 53.4 Å². The number of amides is 1. The van der Waals surface area contributed by atoms with Crippen LogP contribution in [0.25, 0.3) is 0 Å². The van der Waals surface area contributed by atoms with Gasteiger partial charge in [-0.1, -0.05) is 31.5 Å². The maximum Gasteiger partial charge on any atom is 0.247 e. The number of nitrogens with zero attached hydrogens (tertiary/aromatic N) is 2. The predicted molar refractivity (Wildman–Crippen MR) is 123 cm³/mol. The highest BCUT2D eigenvalue weighted by Gasteiger charge is 2.29. The van der Waals surface area contributed by atoms with Crippen molar-refractivity contribution >= 4 is 48.9 Å². The van der Waals surface area contributed by atoms with Crippen molar-refractivity contribution in [3.63, 3.8) is 0 Å². The summed E-state index contributed by atoms with van der Waals surface area (Å²) in [5.74, 6) is -0.579. The monoisotopic (exact) mass is 487 g/mol. The van der Waals surface area contributed by atoms with Gasteiger partial charge in [-0.2, -0.15) is 4.31 Å². The Morgan fingerprint density at radius 3 is 2.10 bits per heavy atom. The first-order valence-corrected chi connectivity index (χ1v) is 13.2. The molecule has 8 nitrogen and oxygen atoms in total. The van der Waals surface area contributed by atoms with E-state index in [4.69, 9.17) is 11.6 Å². The molecular weight excluding hydrogens is 462 g/mol. The van der Waals surface area contributed by atoms with Crippen molar-refractivity contribution in [3.8, 4) is 0 Å². The van der Waals surface area contributed by atoms with Crippen LogP contribution < -0.4 is 9.62 Å². The lowest BCUT2D eigenvalue weighted by molar-refractivity contribution is -0.116. The largest absolute Gasteiger partial charge is 0.324 e. The van der Waals surface area contributed by atoms with Crippen molar-refractivity contribution in [3.05, 3.63) is 53.6 Å². The van der Waals surface area contributed by atoms with Gasteiger partial charge in [0.2, 0.25) is 26.0 Å². The van der Waals surface area contributed by atoms with Crippen molar-refractivity contribution in [2.24, 2.45) is 0 Å². The van der Waals surface area contributed by atoms with E-state index < -0.39 is 32.0 Å². The van der Waals surface area contributed by atoms with Crippen molar-refractivity contribution < 1.29 is 21.6 Å². The van der Waals surface area contributed by atoms with Gasteiger partial charge in [-0.3, -0.25) is 9.10 Å². The lowest BCUT2D eigenvalue weighted by Gasteiger charge is -2.28. The van der Waals surface area contributed by atoms with E-state index in [2.05, 4.69) is 5.32 Å². The summed E-state index contributed by atoms with van der Waals surface area (Å²) in [6.07, 6.45) is 1.00. The van der Waals surface area contributed by atoms with Gasteiger partial charge in [-0.05, 0) is 49.4 Å². The first-order valence-electron chi connectivity index (χ1n) is 9.57. The molecule has 0 heterocycles. The Kier molecular flexibility index (Phi) is 8.09. The number of anilines is 2. The van der Waals surface area contributed by atoms with Crippen LogP contribution in [0.3, 0.4) is 0 Å². The first-order chi connectivity index (χ1) is 14.4. The molecule has 0 aliphatic rings. The van der Waals surface area contributed by atoms with Gasteiger partial charge in [0.05, 0.1) is 16.8 Å². The van der Waals surface area contributed by atoms with Crippen LogP contribution in [0.4, 0.5) is 11.4 Å². The van der Waals surface area contributed by atoms with E-state index in [-0.39, 0.29) is 10.6 Å². The molecule has 0 aromatic heterocycles. The van der Waals surface area contributed by atoms with Crippen LogP contribution in [-0.4, -0.2) is 52.4 Å². The standard InChI is InChI=1S/C20H26ClN3O5S2/c1-5-23(6-2)31(28,29)19-12-10-17(11-13-19)22-20(25)15(3)24(30(4,26)27)18-9-7-8-16(21)14-18/h7-15H,5-6H2,1-4H3,(H,22,25). The number of carbonyl (C=O) groups is 1. The third-order valence-corrected chi connectivity index (χ3v) is 8.16. The molecule has 0 aliphatic carbocycles. The van der Waals surface area contributed by atoms with E-state index in [1.54, 1.807) is 32.0 Å². The zero-order valence-corrected chi connectivity index (χ0v) is 20.1. The van der Waals surface area contributed by atoms with E-state index >= 15 is 0 Å². The molecule has 0 spiro atoms. The van der Waals surface area contributed by atoms with Gasteiger partial charge in [0.1, 0.15) is 6.04 Å². The van der Waals surface area contributed by atoms with Gasteiger partial charge in [0.25, 0.3) is 0 Å². The Bertz CT molecular complexity index is 1130. The average Bonchev–Trinajstić information content (AvgIpc) is 2.68. The van der Waals surface area contributed by atoms with Crippen LogP contribution in [0.1, 0.15) is 20.8 Å². The zero-order chi connectivity index (χ0) is 23.4. The quantitative estimate of drug-likeness (QED) is 0.585. The lowest BCUT2D eigenvalue weighted by atomic mass is 10.2. The van der Waals surface area contributed by atoms with Crippen molar-refractivity contribution in [2.45, 2.75) is 31.7 Å². The third kappa shape index (κ3) is 5.97. The topological polar surface area (TPSA) is 104 Å². The number of sulfonamides is 2. The predicted octanol–water partition coefficient (Wildman–Crippen LogP) is 3.16. The smallest absolute Gasteiger partial charge is 0.247 e. The third-order valence-electron chi connectivity index (χ3n) is 4.62. The molecule has 11 heteroatoms. The number of carbonyl (C=O) groups excluding carboxylic acids is 1. The number of hydrogen-bond acceptors (Lipinski definition) is 5. The van der Waals surface area contributed by atoms with Crippen molar-refractivity contribution in [1.82, 2.24) is 4.31 Å². The molecule has 1 atom stereocenters. The summed E-state index contributed by atoms with van der Waals surface area (Å²) in [5.41, 5.74) is 0.605. The van der Waals surface area contributed by atoms with Crippen LogP contribution in [0.2, 0.25) is 5.02 Å². The molecular formula is C20H26ClN3O5S2. The fourth-order valence-electron chi connectivity index (χ4n) is 3.09. The van der Waals surface area contributed by atoms with Crippen molar-refractivity contribution in [2.75, 3.05) is 29.0 Å². The molecule has 2 aromatic rings. The average molecular weight is 488 g/mol. The zero-order valence-electron chi connectivity index (χ0n) is 17.7. The molecule has 1 N–H and O–H groups in total. The molecule has 170 valence electrons. The van der Waals surface area contributed by atoms with E-state index in [1.807, 2.05) is 0 Å². The first kappa shape index (κ1) is 25.1. The number of rotatable bonds is 9. The van der Waals surface area contributed by atoms with Gasteiger partial charge >= 0.3 is 0 Å². The molecule has 0 saturated carbocycles. The second-order valence-electron chi connectivity index (χ2n) is 6.82. The minimum atomic E-state index is -3.78. The molecule has 0 radical (unpaired) electrons. The minimum Gasteiger partial charge on any atom is -0.324 e. The summed E-state index contributed by atoms with van der Waals surface area (Å²) in [4.78, 5) is 12.9. The Balaban J connectivity index is 2.25. The Labute approximate surface area is 188 Å². The van der Waals surface area contributed by atoms with E-state index in [0.29, 0.717) is 23.8 Å². The Hall–Kier alpha value is -2.14. The van der Waals surface area contributed by atoms with Crippen LogP contribution in [0.5, 0.6) is 0 Å². The highest BCUT2D eigenvalue weighted by atomic mass is 35.5. The molecule has 2 aromatic carbocycles. The maximum absolute atomic E-state index is 12.8. The molecule has 0 fully saturated rings. The van der Waals surface area contributed by atoms with Gasteiger partial charge < -0.3 is 5.32 Å². The Morgan fingerprint density at radius 2 is 1.61 bits per heavy atom. The molecule has 1 unspecified atom stereocenters. The molecule has 1 amide bonds. The molecule has 0 bridgehead atoms. The SMILES string of the molecule is CCN(CC)S(=O)(=O)c1ccc(NC(=O)C(C)N(c2cccc(Cl)c2)S(C)(=O)=O)cc1. The number of benzene rings is 2. The highest BCUT2D eigenvalue weighted by molar-refractivity contribution is 7.92. The maximum atomic E-state index is 12.8. The van der Waals surface area contributed by atoms with E-state index in [9.17, 15) is 21.6 Å². The van der Waals surface area contributed by atoms with Gasteiger partial charge in [-0.15, -0.1) is 0 Å². The van der Waals surface area contributed by atoms with Crippen LogP contribution >= 0.6 is 11.6 Å². The number of nitrogens with one attached hydrogen (secondary N) is 1. The van der Waals surface area contributed by atoms with E-state index in [0.717, 1.165) is 10.6 Å². The minimum absolute atomic E-state index is 0.110. The fraction of sp³-hybridized carbons (Fsp3) is 0.350. The summed E-state index contributed by atoms with van der Waals surface area (Å²) < 4.78 is 52.2. The summed E-state index contributed by atoms with van der Waals surface area (Å²) >= 11 is 5.97. The molecule has 0 aliphatic heterocycles. The summed E-state index contributed by atoms with van der Waals surface area (Å²) in [6.45, 7) is 5.66. The Morgan fingerprint density at radius 1 is 1.03 bits per heavy atom. The second kappa shape index (κ2) is 9.99. The number of halogens is 1. The highest BCUT2D eigenvalue weighted by Crippen LogP contribution is 2.25. The summed E-state index contributed by atoms with van der Waals surface area (Å²) in [5, 5.41) is 2.96. The normalized spacial score (nSPS) is 13.1. The molecule has 2 rings (SSSR count).